The number of hydrogen-bond donors (Lipinski definition) is 1. The highest BCUT2D eigenvalue weighted by molar-refractivity contribution is 5.79. The van der Waals surface area contributed by atoms with Crippen molar-refractivity contribution in [1.82, 2.24) is 14.9 Å². The third-order valence-corrected chi connectivity index (χ3v) is 4.14. The third-order valence-electron chi connectivity index (χ3n) is 4.14. The van der Waals surface area contributed by atoms with Gasteiger partial charge >= 0.3 is 12.1 Å². The molecule has 1 aromatic heterocycles. The number of amides is 1. The molecular weight excluding hydrogens is 352 g/mol. The molecule has 2 aromatic carbocycles. The van der Waals surface area contributed by atoms with Gasteiger partial charge in [0, 0.05) is 24.2 Å². The number of halogens is 2. The van der Waals surface area contributed by atoms with Crippen molar-refractivity contribution in [2.45, 2.75) is 13.8 Å². The zero-order valence-corrected chi connectivity index (χ0v) is 15.0. The van der Waals surface area contributed by atoms with Gasteiger partial charge in [-0.05, 0) is 62.4 Å². The molecule has 140 valence electrons. The Morgan fingerprint density at radius 1 is 0.963 bits per heavy atom. The predicted molar refractivity (Wildman–Crippen MR) is 98.3 cm³/mol. The van der Waals surface area contributed by atoms with E-state index < -0.39 is 6.09 Å². The second-order valence-electron chi connectivity index (χ2n) is 5.82. The topological polar surface area (TPSA) is 58.2 Å². The van der Waals surface area contributed by atoms with Crippen LogP contribution in [0, 0.1) is 11.6 Å². The standard InChI is InChI=1S/C20H19F2N3O2/c1-3-25(4-2)20(26)27-19-23-17(13-5-9-15(21)10-6-13)18(24-19)14-7-11-16(22)12-8-14/h5-12H,3-4H2,1-2H3,(H,23,24). The molecule has 0 aliphatic carbocycles. The molecule has 0 fully saturated rings. The molecule has 1 heterocycles. The molecule has 27 heavy (non-hydrogen) atoms. The van der Waals surface area contributed by atoms with Crippen LogP contribution in [-0.4, -0.2) is 34.1 Å². The molecule has 0 saturated heterocycles. The maximum absolute atomic E-state index is 13.3. The molecule has 0 atom stereocenters. The van der Waals surface area contributed by atoms with Gasteiger partial charge in [-0.1, -0.05) is 0 Å². The van der Waals surface area contributed by atoms with Crippen molar-refractivity contribution in [2.24, 2.45) is 0 Å². The Morgan fingerprint density at radius 2 is 1.48 bits per heavy atom. The van der Waals surface area contributed by atoms with Crippen molar-refractivity contribution < 1.29 is 18.3 Å². The van der Waals surface area contributed by atoms with Crippen LogP contribution in [0.25, 0.3) is 22.5 Å². The molecule has 0 bridgehead atoms. The summed E-state index contributed by atoms with van der Waals surface area (Å²) in [5.41, 5.74) is 2.32. The number of rotatable bonds is 5. The number of aromatic amines is 1. The van der Waals surface area contributed by atoms with Gasteiger partial charge in [0.15, 0.2) is 0 Å². The Balaban J connectivity index is 2.02. The van der Waals surface area contributed by atoms with Crippen LogP contribution in [0.2, 0.25) is 0 Å². The average Bonchev–Trinajstić information content (AvgIpc) is 3.07. The van der Waals surface area contributed by atoms with E-state index in [-0.39, 0.29) is 17.6 Å². The van der Waals surface area contributed by atoms with Crippen LogP contribution in [0.3, 0.4) is 0 Å². The average molecular weight is 371 g/mol. The summed E-state index contributed by atoms with van der Waals surface area (Å²) in [4.78, 5) is 21.0. The minimum absolute atomic E-state index is 0.0190. The van der Waals surface area contributed by atoms with E-state index in [1.54, 1.807) is 24.3 Å². The van der Waals surface area contributed by atoms with E-state index in [1.165, 1.54) is 29.2 Å². The normalized spacial score (nSPS) is 10.7. The molecule has 3 aromatic rings. The quantitative estimate of drug-likeness (QED) is 0.697. The monoisotopic (exact) mass is 371 g/mol. The minimum atomic E-state index is -0.523. The minimum Gasteiger partial charge on any atom is -0.375 e. The van der Waals surface area contributed by atoms with Crippen LogP contribution in [0.1, 0.15) is 13.8 Å². The van der Waals surface area contributed by atoms with Gasteiger partial charge in [-0.15, -0.1) is 0 Å². The summed E-state index contributed by atoms with van der Waals surface area (Å²) < 4.78 is 31.9. The van der Waals surface area contributed by atoms with Gasteiger partial charge in [0.05, 0.1) is 5.69 Å². The first-order valence-electron chi connectivity index (χ1n) is 8.60. The van der Waals surface area contributed by atoms with E-state index in [0.717, 1.165) is 0 Å². The van der Waals surface area contributed by atoms with Crippen molar-refractivity contribution in [3.63, 3.8) is 0 Å². The Labute approximate surface area is 155 Å². The molecule has 0 radical (unpaired) electrons. The van der Waals surface area contributed by atoms with E-state index in [0.29, 0.717) is 35.6 Å². The fourth-order valence-electron chi connectivity index (χ4n) is 2.67. The summed E-state index contributed by atoms with van der Waals surface area (Å²) in [6.07, 6.45) is -0.523. The lowest BCUT2D eigenvalue weighted by Crippen LogP contribution is -2.33. The van der Waals surface area contributed by atoms with Gasteiger partial charge in [-0.25, -0.2) is 13.6 Å². The fourth-order valence-corrected chi connectivity index (χ4v) is 2.67. The lowest BCUT2D eigenvalue weighted by Gasteiger charge is -2.16. The molecule has 1 N–H and O–H groups in total. The van der Waals surface area contributed by atoms with Gasteiger partial charge in [0.25, 0.3) is 0 Å². The first kappa shape index (κ1) is 18.6. The molecule has 0 aliphatic rings. The largest absolute Gasteiger partial charge is 0.417 e. The Hall–Kier alpha value is -3.22. The van der Waals surface area contributed by atoms with Crippen LogP contribution in [0.4, 0.5) is 13.6 Å². The molecule has 3 rings (SSSR count). The lowest BCUT2D eigenvalue weighted by atomic mass is 10.1. The van der Waals surface area contributed by atoms with Gasteiger partial charge in [-0.3, -0.25) is 0 Å². The van der Waals surface area contributed by atoms with Gasteiger partial charge < -0.3 is 14.6 Å². The zero-order valence-electron chi connectivity index (χ0n) is 15.0. The van der Waals surface area contributed by atoms with Crippen LogP contribution >= 0.6 is 0 Å². The number of nitrogens with one attached hydrogen (secondary N) is 1. The van der Waals surface area contributed by atoms with Crippen LogP contribution in [0.15, 0.2) is 48.5 Å². The first-order valence-corrected chi connectivity index (χ1v) is 8.60. The molecular formula is C20H19F2N3O2. The number of nitrogens with zero attached hydrogens (tertiary/aromatic N) is 2. The number of benzene rings is 2. The van der Waals surface area contributed by atoms with Crippen molar-refractivity contribution in [3.8, 4) is 28.5 Å². The van der Waals surface area contributed by atoms with Crippen LogP contribution in [0.5, 0.6) is 6.01 Å². The maximum atomic E-state index is 13.3. The summed E-state index contributed by atoms with van der Waals surface area (Å²) in [6.45, 7) is 4.71. The molecule has 7 heteroatoms. The van der Waals surface area contributed by atoms with Crippen molar-refractivity contribution in [1.29, 1.82) is 0 Å². The van der Waals surface area contributed by atoms with E-state index >= 15 is 0 Å². The Morgan fingerprint density at radius 3 is 2.00 bits per heavy atom. The smallest absolute Gasteiger partial charge is 0.375 e. The Bertz CT molecular complexity index is 854. The molecule has 5 nitrogen and oxygen atoms in total. The number of imidazole rings is 1. The summed E-state index contributed by atoms with van der Waals surface area (Å²) in [7, 11) is 0. The van der Waals surface area contributed by atoms with E-state index in [4.69, 9.17) is 4.74 Å². The van der Waals surface area contributed by atoms with Crippen LogP contribution in [-0.2, 0) is 0 Å². The summed E-state index contributed by atoms with van der Waals surface area (Å²) >= 11 is 0. The second-order valence-corrected chi connectivity index (χ2v) is 5.82. The van der Waals surface area contributed by atoms with E-state index in [1.807, 2.05) is 13.8 Å². The number of hydrogen-bond acceptors (Lipinski definition) is 3. The fraction of sp³-hybridized carbons (Fsp3) is 0.200. The molecule has 1 amide bonds. The highest BCUT2D eigenvalue weighted by Gasteiger charge is 2.19. The number of carbonyl (C=O) groups is 1. The van der Waals surface area contributed by atoms with E-state index in [2.05, 4.69) is 9.97 Å². The highest BCUT2D eigenvalue weighted by Crippen LogP contribution is 2.32. The molecule has 0 spiro atoms. The van der Waals surface area contributed by atoms with Crippen molar-refractivity contribution >= 4 is 6.09 Å². The van der Waals surface area contributed by atoms with Crippen molar-refractivity contribution in [2.75, 3.05) is 13.1 Å². The van der Waals surface area contributed by atoms with E-state index in [9.17, 15) is 13.6 Å². The number of ether oxygens (including phenoxy) is 1. The lowest BCUT2D eigenvalue weighted by molar-refractivity contribution is 0.154. The number of aromatic nitrogens is 2. The second kappa shape index (κ2) is 7.99. The summed E-state index contributed by atoms with van der Waals surface area (Å²) in [5, 5.41) is 0. The van der Waals surface area contributed by atoms with Gasteiger partial charge in [0.1, 0.15) is 17.3 Å². The number of carbonyl (C=O) groups excluding carboxylic acids is 1. The molecule has 0 aliphatic heterocycles. The summed E-state index contributed by atoms with van der Waals surface area (Å²) in [5.74, 6) is -0.736. The third kappa shape index (κ3) is 4.13. The molecule has 0 saturated carbocycles. The van der Waals surface area contributed by atoms with Crippen LogP contribution < -0.4 is 4.74 Å². The van der Waals surface area contributed by atoms with Gasteiger partial charge in [0.2, 0.25) is 0 Å². The number of H-pyrrole nitrogens is 1. The summed E-state index contributed by atoms with van der Waals surface area (Å²) in [6, 6.07) is 11.6. The Kier molecular flexibility index (Phi) is 5.49. The highest BCUT2D eigenvalue weighted by atomic mass is 19.1. The first-order chi connectivity index (χ1) is 13.0. The van der Waals surface area contributed by atoms with Gasteiger partial charge in [-0.2, -0.15) is 4.98 Å². The molecule has 0 unspecified atom stereocenters. The van der Waals surface area contributed by atoms with Crippen molar-refractivity contribution in [3.05, 3.63) is 60.2 Å². The maximum Gasteiger partial charge on any atom is 0.417 e. The zero-order chi connectivity index (χ0) is 19.4. The predicted octanol–water partition coefficient (Wildman–Crippen LogP) is 4.86. The SMILES string of the molecule is CCN(CC)C(=O)Oc1nc(-c2ccc(F)cc2)c(-c2ccc(F)cc2)[nH]1.